The van der Waals surface area contributed by atoms with Crippen LogP contribution in [0, 0.1) is 5.92 Å². The number of aromatic nitrogens is 2. The first kappa shape index (κ1) is 23.9. The first-order chi connectivity index (χ1) is 17.5. The second-order valence-electron chi connectivity index (χ2n) is 10.0. The van der Waals surface area contributed by atoms with Crippen molar-refractivity contribution in [3.05, 3.63) is 46.4 Å². The van der Waals surface area contributed by atoms with Crippen LogP contribution in [0.15, 0.2) is 36.4 Å². The number of hydrogen-bond acceptors (Lipinski definition) is 5. The molecule has 0 radical (unpaired) electrons. The Hall–Kier alpha value is -2.48. The highest BCUT2D eigenvalue weighted by atomic mass is 35.5. The van der Waals surface area contributed by atoms with E-state index in [1.165, 1.54) is 6.42 Å². The fourth-order valence-electron chi connectivity index (χ4n) is 5.21. The molecule has 0 spiro atoms. The van der Waals surface area contributed by atoms with Crippen LogP contribution in [0.4, 0.5) is 5.95 Å². The van der Waals surface area contributed by atoms with Gasteiger partial charge in [-0.15, -0.1) is 0 Å². The van der Waals surface area contributed by atoms with Gasteiger partial charge in [0.15, 0.2) is 0 Å². The highest BCUT2D eigenvalue weighted by Gasteiger charge is 2.30. The maximum absolute atomic E-state index is 12.8. The van der Waals surface area contributed by atoms with Gasteiger partial charge in [-0.25, -0.2) is 4.98 Å². The molecule has 3 heterocycles. The van der Waals surface area contributed by atoms with E-state index < -0.39 is 0 Å². The number of anilines is 1. The zero-order chi connectivity index (χ0) is 24.6. The molecule has 36 heavy (non-hydrogen) atoms. The monoisotopic (exact) mass is 528 g/mol. The van der Waals surface area contributed by atoms with Gasteiger partial charge in [0.2, 0.25) is 11.9 Å². The van der Waals surface area contributed by atoms with Crippen LogP contribution in [-0.4, -0.2) is 53.9 Å². The molecule has 1 saturated carbocycles. The molecule has 1 aromatic heterocycles. The molecule has 3 aromatic rings. The Labute approximate surface area is 220 Å². The average Bonchev–Trinajstić information content (AvgIpc) is 3.50. The number of nitrogens with zero attached hydrogens (tertiary/aromatic N) is 3. The zero-order valence-electron chi connectivity index (χ0n) is 20.1. The van der Waals surface area contributed by atoms with E-state index in [2.05, 4.69) is 26.9 Å². The second kappa shape index (κ2) is 10.1. The lowest BCUT2D eigenvalue weighted by Gasteiger charge is -2.33. The number of rotatable bonds is 6. The summed E-state index contributed by atoms with van der Waals surface area (Å²) >= 11 is 12.8. The van der Waals surface area contributed by atoms with Gasteiger partial charge in [0.25, 0.3) is 0 Å². The molecule has 6 rings (SSSR count). The summed E-state index contributed by atoms with van der Waals surface area (Å²) in [6.07, 6.45) is 6.17. The summed E-state index contributed by atoms with van der Waals surface area (Å²) in [6.45, 7) is 2.81. The van der Waals surface area contributed by atoms with Gasteiger partial charge in [0.05, 0.1) is 45.5 Å². The largest absolute Gasteiger partial charge is 0.490 e. The van der Waals surface area contributed by atoms with E-state index in [4.69, 9.17) is 37.7 Å². The van der Waals surface area contributed by atoms with Crippen LogP contribution >= 0.6 is 23.2 Å². The van der Waals surface area contributed by atoms with E-state index in [1.54, 1.807) is 0 Å². The van der Waals surface area contributed by atoms with Crippen LogP contribution in [0.2, 0.25) is 10.0 Å². The van der Waals surface area contributed by atoms with Crippen molar-refractivity contribution in [2.45, 2.75) is 50.7 Å². The van der Waals surface area contributed by atoms with E-state index in [9.17, 15) is 4.79 Å². The van der Waals surface area contributed by atoms with Gasteiger partial charge in [-0.05, 0) is 62.8 Å². The highest BCUT2D eigenvalue weighted by Crippen LogP contribution is 2.36. The quantitative estimate of drug-likeness (QED) is 0.464. The van der Waals surface area contributed by atoms with E-state index >= 15 is 0 Å². The summed E-state index contributed by atoms with van der Waals surface area (Å²) in [7, 11) is 0. The summed E-state index contributed by atoms with van der Waals surface area (Å²) in [4.78, 5) is 20.0. The number of ether oxygens (including phenoxy) is 2. The summed E-state index contributed by atoms with van der Waals surface area (Å²) in [5, 5.41) is 4.13. The Morgan fingerprint density at radius 3 is 2.58 bits per heavy atom. The van der Waals surface area contributed by atoms with Gasteiger partial charge in [-0.3, -0.25) is 9.36 Å². The summed E-state index contributed by atoms with van der Waals surface area (Å²) in [5.74, 6) is 1.82. The Bertz CT molecular complexity index is 1260. The van der Waals surface area contributed by atoms with Crippen molar-refractivity contribution in [3.8, 4) is 11.4 Å². The summed E-state index contributed by atoms with van der Waals surface area (Å²) in [5.41, 5.74) is 2.64. The molecule has 1 aliphatic carbocycles. The molecule has 3 fully saturated rings. The Kier molecular flexibility index (Phi) is 6.71. The fraction of sp³-hybridized carbons (Fsp3) is 0.481. The van der Waals surface area contributed by atoms with Gasteiger partial charge >= 0.3 is 0 Å². The zero-order valence-corrected chi connectivity index (χ0v) is 21.6. The molecule has 1 N–H and O–H groups in total. The maximum atomic E-state index is 12.8. The molecular weight excluding hydrogens is 499 g/mol. The molecule has 1 atom stereocenters. The molecule has 1 amide bonds. The number of benzene rings is 2. The maximum Gasteiger partial charge on any atom is 0.223 e. The third kappa shape index (κ3) is 4.76. The molecular formula is C27H30Cl2N4O3. The number of carbonyl (C=O) groups excluding carboxylic acids is 1. The number of hydrogen-bond donors (Lipinski definition) is 1. The predicted octanol–water partition coefficient (Wildman–Crippen LogP) is 5.39. The third-order valence-corrected chi connectivity index (χ3v) is 8.26. The number of carbonyl (C=O) groups is 1. The average molecular weight is 529 g/mol. The van der Waals surface area contributed by atoms with Crippen molar-refractivity contribution in [2.75, 3.05) is 31.2 Å². The summed E-state index contributed by atoms with van der Waals surface area (Å²) < 4.78 is 13.7. The lowest BCUT2D eigenvalue weighted by molar-refractivity contribution is -0.126. The first-order valence-electron chi connectivity index (χ1n) is 12.8. The fourth-order valence-corrected chi connectivity index (χ4v) is 5.53. The van der Waals surface area contributed by atoms with Crippen molar-refractivity contribution in [1.29, 1.82) is 0 Å². The smallest absolute Gasteiger partial charge is 0.223 e. The van der Waals surface area contributed by atoms with E-state index in [0.717, 1.165) is 80.2 Å². The molecule has 0 bridgehead atoms. The van der Waals surface area contributed by atoms with Gasteiger partial charge < -0.3 is 19.7 Å². The topological polar surface area (TPSA) is 68.6 Å². The van der Waals surface area contributed by atoms with E-state index in [1.807, 2.05) is 24.3 Å². The van der Waals surface area contributed by atoms with Crippen LogP contribution in [0.25, 0.3) is 16.7 Å². The van der Waals surface area contributed by atoms with Crippen molar-refractivity contribution in [2.24, 2.45) is 5.92 Å². The molecule has 2 aliphatic heterocycles. The van der Waals surface area contributed by atoms with Crippen LogP contribution in [0.5, 0.6) is 5.75 Å². The molecule has 7 nitrogen and oxygen atoms in total. The number of halogens is 2. The predicted molar refractivity (Wildman–Crippen MR) is 142 cm³/mol. The molecule has 1 unspecified atom stereocenters. The van der Waals surface area contributed by atoms with Crippen LogP contribution < -0.4 is 15.0 Å². The van der Waals surface area contributed by atoms with Crippen molar-refractivity contribution < 1.29 is 14.3 Å². The minimum atomic E-state index is 0.00257. The lowest BCUT2D eigenvalue weighted by atomic mass is 9.95. The van der Waals surface area contributed by atoms with Gasteiger partial charge in [-0.1, -0.05) is 29.3 Å². The molecule has 3 aliphatic rings. The molecule has 2 saturated heterocycles. The van der Waals surface area contributed by atoms with Gasteiger partial charge in [0, 0.05) is 31.7 Å². The summed E-state index contributed by atoms with van der Waals surface area (Å²) in [6, 6.07) is 12.0. The normalized spacial score (nSPS) is 21.1. The lowest BCUT2D eigenvalue weighted by Crippen LogP contribution is -2.44. The number of nitrogens with one attached hydrogen (secondary N) is 1. The molecule has 9 heteroatoms. The molecule has 2 aromatic carbocycles. The highest BCUT2D eigenvalue weighted by molar-refractivity contribution is 6.42. The SMILES string of the molecule is O=C(NC1CCOC1)C1CCN(c2nc3cc(Cl)c(Cl)cc3n2-c2cccc(OC3CCC3)c2)CC1. The van der Waals surface area contributed by atoms with Crippen LogP contribution in [-0.2, 0) is 9.53 Å². The minimum absolute atomic E-state index is 0.00257. The third-order valence-electron chi connectivity index (χ3n) is 7.53. The van der Waals surface area contributed by atoms with Crippen LogP contribution in [0.1, 0.15) is 38.5 Å². The first-order valence-corrected chi connectivity index (χ1v) is 13.6. The van der Waals surface area contributed by atoms with Gasteiger partial charge in [0.1, 0.15) is 5.75 Å². The Morgan fingerprint density at radius 1 is 1.06 bits per heavy atom. The van der Waals surface area contributed by atoms with Gasteiger partial charge in [-0.2, -0.15) is 0 Å². The second-order valence-corrected chi connectivity index (χ2v) is 10.8. The van der Waals surface area contributed by atoms with Crippen molar-refractivity contribution in [3.63, 3.8) is 0 Å². The Morgan fingerprint density at radius 2 is 1.86 bits per heavy atom. The number of amides is 1. The molecule has 190 valence electrons. The Balaban J connectivity index is 1.28. The van der Waals surface area contributed by atoms with Crippen LogP contribution in [0.3, 0.4) is 0 Å². The van der Waals surface area contributed by atoms with E-state index in [-0.39, 0.29) is 17.9 Å². The number of fused-ring (bicyclic) bond motifs is 1. The van der Waals surface area contributed by atoms with Crippen molar-refractivity contribution >= 4 is 46.1 Å². The number of imidazole rings is 1. The van der Waals surface area contributed by atoms with Crippen molar-refractivity contribution in [1.82, 2.24) is 14.9 Å². The number of piperidine rings is 1. The van der Waals surface area contributed by atoms with E-state index in [0.29, 0.717) is 22.8 Å². The standard InChI is InChI=1S/C27H30Cl2N4O3/c28-22-14-24-25(15-23(22)29)33(19-3-1-6-21(13-19)36-20-4-2-5-20)27(31-24)32-10-7-17(8-11-32)26(34)30-18-9-12-35-16-18/h1,3,6,13-15,17-18,20H,2,4-5,7-12,16H2,(H,30,34). The minimum Gasteiger partial charge on any atom is -0.490 e.